The van der Waals surface area contributed by atoms with Crippen LogP contribution in [0.3, 0.4) is 0 Å². The lowest BCUT2D eigenvalue weighted by atomic mass is 10.1. The number of nitrogens with zero attached hydrogens (tertiary/aromatic N) is 4. The highest BCUT2D eigenvalue weighted by atomic mass is 16.5. The Kier molecular flexibility index (Phi) is 4.28. The molecule has 0 unspecified atom stereocenters. The molecule has 3 heterocycles. The lowest BCUT2D eigenvalue weighted by Crippen LogP contribution is -2.24. The van der Waals surface area contributed by atoms with E-state index in [1.807, 2.05) is 38.1 Å². The van der Waals surface area contributed by atoms with Crippen molar-refractivity contribution in [2.75, 3.05) is 23.3 Å². The van der Waals surface area contributed by atoms with E-state index in [0.29, 0.717) is 11.6 Å². The molecule has 0 atom stereocenters. The fraction of sp³-hybridized carbons (Fsp3) is 0.368. The molecule has 7 heteroatoms. The van der Waals surface area contributed by atoms with Crippen molar-refractivity contribution in [1.29, 1.82) is 0 Å². The van der Waals surface area contributed by atoms with Gasteiger partial charge in [-0.3, -0.25) is 4.79 Å². The van der Waals surface area contributed by atoms with E-state index in [0.717, 1.165) is 54.0 Å². The lowest BCUT2D eigenvalue weighted by molar-refractivity contribution is -0.115. The molecule has 3 aromatic rings. The summed E-state index contributed by atoms with van der Waals surface area (Å²) in [7, 11) is 0. The third kappa shape index (κ3) is 3.12. The fourth-order valence-electron chi connectivity index (χ4n) is 3.32. The van der Waals surface area contributed by atoms with Crippen LogP contribution < -0.4 is 10.2 Å². The van der Waals surface area contributed by atoms with Gasteiger partial charge in [-0.15, -0.1) is 0 Å². The molecule has 26 heavy (non-hydrogen) atoms. The van der Waals surface area contributed by atoms with Gasteiger partial charge in [-0.2, -0.15) is 0 Å². The zero-order valence-electron chi connectivity index (χ0n) is 15.0. The maximum absolute atomic E-state index is 12.6. The minimum Gasteiger partial charge on any atom is -0.361 e. The Morgan fingerprint density at radius 1 is 1.15 bits per heavy atom. The summed E-state index contributed by atoms with van der Waals surface area (Å²) in [5.41, 5.74) is 3.15. The van der Waals surface area contributed by atoms with Crippen molar-refractivity contribution < 1.29 is 9.32 Å². The van der Waals surface area contributed by atoms with Crippen LogP contribution >= 0.6 is 0 Å². The summed E-state index contributed by atoms with van der Waals surface area (Å²) in [5.74, 6) is 1.78. The van der Waals surface area contributed by atoms with Gasteiger partial charge in [0, 0.05) is 18.7 Å². The SMILES string of the molecule is Cc1noc(C)c1CC(=O)Nc1nc2ccccc2nc1N1CCCC1. The highest BCUT2D eigenvalue weighted by Gasteiger charge is 2.21. The largest absolute Gasteiger partial charge is 0.361 e. The van der Waals surface area contributed by atoms with Gasteiger partial charge >= 0.3 is 0 Å². The van der Waals surface area contributed by atoms with Crippen LogP contribution in [-0.2, 0) is 11.2 Å². The van der Waals surface area contributed by atoms with Gasteiger partial charge < -0.3 is 14.7 Å². The number of benzene rings is 1. The number of hydrogen-bond acceptors (Lipinski definition) is 6. The second-order valence-electron chi connectivity index (χ2n) is 6.61. The monoisotopic (exact) mass is 351 g/mol. The predicted octanol–water partition coefficient (Wildman–Crippen LogP) is 3.02. The molecule has 0 bridgehead atoms. The maximum atomic E-state index is 12.6. The van der Waals surface area contributed by atoms with Crippen molar-refractivity contribution in [2.24, 2.45) is 0 Å². The minimum atomic E-state index is -0.149. The normalized spacial score (nSPS) is 14.2. The molecule has 1 aliphatic rings. The quantitative estimate of drug-likeness (QED) is 0.778. The first-order valence-corrected chi connectivity index (χ1v) is 8.85. The molecule has 1 amide bonds. The van der Waals surface area contributed by atoms with Crippen LogP contribution in [0.2, 0.25) is 0 Å². The summed E-state index contributed by atoms with van der Waals surface area (Å²) in [6.45, 7) is 5.51. The van der Waals surface area contributed by atoms with Crippen molar-refractivity contribution in [2.45, 2.75) is 33.1 Å². The Labute approximate surface area is 151 Å². The number of rotatable bonds is 4. The number of hydrogen-bond donors (Lipinski definition) is 1. The molecule has 1 fully saturated rings. The first-order valence-electron chi connectivity index (χ1n) is 8.85. The van der Waals surface area contributed by atoms with E-state index in [4.69, 9.17) is 9.51 Å². The van der Waals surface area contributed by atoms with Gasteiger partial charge in [0.25, 0.3) is 0 Å². The second kappa shape index (κ2) is 6.74. The third-order valence-electron chi connectivity index (χ3n) is 4.73. The van der Waals surface area contributed by atoms with E-state index >= 15 is 0 Å². The predicted molar refractivity (Wildman–Crippen MR) is 99.3 cm³/mol. The molecule has 0 saturated carbocycles. The van der Waals surface area contributed by atoms with E-state index in [1.165, 1.54) is 0 Å². The summed E-state index contributed by atoms with van der Waals surface area (Å²) in [6, 6.07) is 7.71. The topological polar surface area (TPSA) is 84.2 Å². The van der Waals surface area contributed by atoms with E-state index < -0.39 is 0 Å². The van der Waals surface area contributed by atoms with E-state index in [-0.39, 0.29) is 12.3 Å². The molecule has 1 aliphatic heterocycles. The summed E-state index contributed by atoms with van der Waals surface area (Å²) >= 11 is 0. The minimum absolute atomic E-state index is 0.149. The molecule has 0 aliphatic carbocycles. The van der Waals surface area contributed by atoms with Crippen molar-refractivity contribution >= 4 is 28.6 Å². The first kappa shape index (κ1) is 16.5. The number of amides is 1. The maximum Gasteiger partial charge on any atom is 0.230 e. The highest BCUT2D eigenvalue weighted by Crippen LogP contribution is 2.28. The number of carbonyl (C=O) groups excluding carboxylic acids is 1. The molecule has 7 nitrogen and oxygen atoms in total. The molecule has 0 spiro atoms. The Hall–Kier alpha value is -2.96. The van der Waals surface area contributed by atoms with Crippen molar-refractivity contribution in [3.63, 3.8) is 0 Å². The number of aryl methyl sites for hydroxylation is 2. The van der Waals surface area contributed by atoms with Crippen molar-refractivity contribution in [1.82, 2.24) is 15.1 Å². The number of fused-ring (bicyclic) bond motifs is 1. The van der Waals surface area contributed by atoms with E-state index in [9.17, 15) is 4.79 Å². The van der Waals surface area contributed by atoms with Crippen molar-refractivity contribution in [3.8, 4) is 0 Å². The number of nitrogens with one attached hydrogen (secondary N) is 1. The standard InChI is InChI=1S/C19H21N5O2/c1-12-14(13(2)26-23-12)11-17(25)22-18-19(24-9-5-6-10-24)21-16-8-4-3-7-15(16)20-18/h3-4,7-8H,5-6,9-11H2,1-2H3,(H,20,22,25). The van der Waals surface area contributed by atoms with Crippen LogP contribution in [0.25, 0.3) is 11.0 Å². The number of anilines is 2. The lowest BCUT2D eigenvalue weighted by Gasteiger charge is -2.20. The number of aromatic nitrogens is 3. The Morgan fingerprint density at radius 2 is 1.85 bits per heavy atom. The van der Waals surface area contributed by atoms with E-state index in [2.05, 4.69) is 20.4 Å². The summed E-state index contributed by atoms with van der Waals surface area (Å²) in [5, 5.41) is 6.86. The average molecular weight is 351 g/mol. The van der Waals surface area contributed by atoms with Gasteiger partial charge in [-0.05, 0) is 38.8 Å². The van der Waals surface area contributed by atoms with Gasteiger partial charge in [0.2, 0.25) is 5.91 Å². The summed E-state index contributed by atoms with van der Waals surface area (Å²) in [6.07, 6.45) is 2.46. The third-order valence-corrected chi connectivity index (χ3v) is 4.73. The van der Waals surface area contributed by atoms with Crippen LogP contribution in [0.5, 0.6) is 0 Å². The zero-order chi connectivity index (χ0) is 18.1. The van der Waals surface area contributed by atoms with Gasteiger partial charge in [0.1, 0.15) is 5.76 Å². The number of carbonyl (C=O) groups is 1. The summed E-state index contributed by atoms with van der Waals surface area (Å²) < 4.78 is 5.14. The van der Waals surface area contributed by atoms with Crippen LogP contribution in [0.15, 0.2) is 28.8 Å². The number of para-hydroxylation sites is 2. The molecule has 134 valence electrons. The molecule has 4 rings (SSSR count). The van der Waals surface area contributed by atoms with Crippen LogP contribution in [0.1, 0.15) is 29.9 Å². The van der Waals surface area contributed by atoms with E-state index in [1.54, 1.807) is 0 Å². The Morgan fingerprint density at radius 3 is 2.50 bits per heavy atom. The van der Waals surface area contributed by atoms with Crippen LogP contribution in [0.4, 0.5) is 11.6 Å². The smallest absolute Gasteiger partial charge is 0.230 e. The van der Waals surface area contributed by atoms with Crippen LogP contribution in [0, 0.1) is 13.8 Å². The van der Waals surface area contributed by atoms with Gasteiger partial charge in [-0.1, -0.05) is 17.3 Å². The van der Waals surface area contributed by atoms with Gasteiger partial charge in [-0.25, -0.2) is 9.97 Å². The molecule has 1 N–H and O–H groups in total. The highest BCUT2D eigenvalue weighted by molar-refractivity contribution is 5.95. The van der Waals surface area contributed by atoms with Gasteiger partial charge in [0.15, 0.2) is 11.6 Å². The molecule has 0 radical (unpaired) electrons. The van der Waals surface area contributed by atoms with Crippen LogP contribution in [-0.4, -0.2) is 34.1 Å². The first-order chi connectivity index (χ1) is 12.6. The fourth-order valence-corrected chi connectivity index (χ4v) is 3.32. The Bertz CT molecular complexity index is 940. The Balaban J connectivity index is 1.65. The average Bonchev–Trinajstić information content (AvgIpc) is 3.27. The molecular formula is C19H21N5O2. The van der Waals surface area contributed by atoms with Crippen molar-refractivity contribution in [3.05, 3.63) is 41.3 Å². The second-order valence-corrected chi connectivity index (χ2v) is 6.61. The molecule has 1 saturated heterocycles. The molecular weight excluding hydrogens is 330 g/mol. The zero-order valence-corrected chi connectivity index (χ0v) is 15.0. The van der Waals surface area contributed by atoms with Gasteiger partial charge in [0.05, 0.1) is 23.1 Å². The molecule has 1 aromatic carbocycles. The summed E-state index contributed by atoms with van der Waals surface area (Å²) in [4.78, 5) is 24.2. The molecule has 2 aromatic heterocycles.